The van der Waals surface area contributed by atoms with E-state index in [-0.39, 0.29) is 17.4 Å². The molecule has 2 aliphatic carbocycles. The van der Waals surface area contributed by atoms with Gasteiger partial charge in [0.05, 0.1) is 11.3 Å². The second kappa shape index (κ2) is 10.5. The van der Waals surface area contributed by atoms with Crippen molar-refractivity contribution >= 4 is 23.0 Å². The smallest absolute Gasteiger partial charge is 0.248 e. The average molecular weight is 565 g/mol. The highest BCUT2D eigenvalue weighted by Gasteiger charge is 2.56. The summed E-state index contributed by atoms with van der Waals surface area (Å²) in [5.41, 5.74) is 6.66. The van der Waals surface area contributed by atoms with Gasteiger partial charge in [0.1, 0.15) is 37.0 Å². The number of piperidine rings is 1. The lowest BCUT2D eigenvalue weighted by atomic mass is 9.90. The van der Waals surface area contributed by atoms with E-state index < -0.39 is 6.61 Å². The third-order valence-electron chi connectivity index (χ3n) is 9.48. The molecule has 1 aromatic heterocycles. The monoisotopic (exact) mass is 564 g/mol. The van der Waals surface area contributed by atoms with Gasteiger partial charge in [0.2, 0.25) is 5.91 Å². The lowest BCUT2D eigenvalue weighted by Crippen LogP contribution is -2.43. The first-order valence-electron chi connectivity index (χ1n) is 15.0. The molecule has 2 atom stereocenters. The number of aliphatic hydroxyl groups excluding tert-OH is 1. The first-order chi connectivity index (χ1) is 20.5. The fourth-order valence-corrected chi connectivity index (χ4v) is 6.96. The van der Waals surface area contributed by atoms with Gasteiger partial charge in [0.25, 0.3) is 0 Å². The summed E-state index contributed by atoms with van der Waals surface area (Å²) >= 11 is 0. The third kappa shape index (κ3) is 4.60. The fourth-order valence-electron chi connectivity index (χ4n) is 6.96. The van der Waals surface area contributed by atoms with E-state index in [2.05, 4.69) is 52.1 Å². The molecule has 1 unspecified atom stereocenters. The number of H-pyrrole nitrogens is 1. The van der Waals surface area contributed by atoms with Gasteiger partial charge in [-0.3, -0.25) is 9.79 Å². The van der Waals surface area contributed by atoms with Crippen LogP contribution >= 0.6 is 0 Å². The molecule has 7 rings (SSSR count). The van der Waals surface area contributed by atoms with Crippen LogP contribution in [-0.4, -0.2) is 77.1 Å². The lowest BCUT2D eigenvalue weighted by molar-refractivity contribution is -0.135. The van der Waals surface area contributed by atoms with Crippen LogP contribution in [0.25, 0.3) is 5.57 Å². The molecule has 0 spiro atoms. The minimum absolute atomic E-state index is 0.0346. The number of aliphatic imine (C=N–C) groups is 1. The predicted octanol–water partition coefficient (Wildman–Crippen LogP) is 4.04. The van der Waals surface area contributed by atoms with E-state index in [1.165, 1.54) is 24.1 Å². The number of fused-ring (bicyclic) bond motifs is 2. The number of aliphatic hydroxyl groups is 1. The molecular formula is C33H36N6O3. The first-order valence-corrected chi connectivity index (χ1v) is 15.0. The summed E-state index contributed by atoms with van der Waals surface area (Å²) in [4.78, 5) is 24.3. The number of carbonyl (C=O) groups is 1. The number of likely N-dealkylation sites (tertiary alicyclic amines) is 2. The minimum Gasteiger partial charge on any atom is -0.489 e. The number of carbonyl (C=O) groups excluding carboxylic acids is 1. The molecule has 4 heterocycles. The summed E-state index contributed by atoms with van der Waals surface area (Å²) in [7, 11) is 0. The van der Waals surface area contributed by atoms with Crippen molar-refractivity contribution in [2.24, 2.45) is 16.3 Å². The number of ether oxygens (including phenoxy) is 1. The maximum atomic E-state index is 11.8. The fraction of sp³-hybridized carbons (Fsp3) is 0.424. The van der Waals surface area contributed by atoms with Gasteiger partial charge < -0.3 is 29.9 Å². The number of nitrogens with one attached hydrogen (secondary N) is 2. The molecule has 9 nitrogen and oxygen atoms in total. The van der Waals surface area contributed by atoms with Gasteiger partial charge in [-0.25, -0.2) is 0 Å². The van der Waals surface area contributed by atoms with Crippen LogP contribution in [0.5, 0.6) is 5.75 Å². The van der Waals surface area contributed by atoms with Crippen LogP contribution < -0.4 is 10.1 Å². The van der Waals surface area contributed by atoms with E-state index in [0.29, 0.717) is 49.8 Å². The topological polar surface area (TPSA) is 117 Å². The Kier molecular flexibility index (Phi) is 6.66. The predicted molar refractivity (Wildman–Crippen MR) is 161 cm³/mol. The molecule has 0 radical (unpaired) electrons. The number of benzene rings is 1. The largest absolute Gasteiger partial charge is 0.489 e. The molecule has 9 heteroatoms. The Morgan fingerprint density at radius 2 is 2.00 bits per heavy atom. The summed E-state index contributed by atoms with van der Waals surface area (Å²) in [6.07, 6.45) is 11.8. The van der Waals surface area contributed by atoms with E-state index >= 15 is 0 Å². The van der Waals surface area contributed by atoms with Gasteiger partial charge in [-0.1, -0.05) is 24.8 Å². The lowest BCUT2D eigenvalue weighted by Gasteiger charge is -2.32. The highest BCUT2D eigenvalue weighted by Crippen LogP contribution is 2.63. The van der Waals surface area contributed by atoms with E-state index in [1.807, 2.05) is 18.2 Å². The van der Waals surface area contributed by atoms with E-state index in [4.69, 9.17) is 14.8 Å². The molecule has 1 saturated carbocycles. The summed E-state index contributed by atoms with van der Waals surface area (Å²) in [5.74, 6) is 1.75. The number of aromatic amines is 1. The van der Waals surface area contributed by atoms with Crippen molar-refractivity contribution in [1.82, 2.24) is 14.8 Å². The summed E-state index contributed by atoms with van der Waals surface area (Å²) in [5, 5.41) is 22.5. The summed E-state index contributed by atoms with van der Waals surface area (Å²) in [6, 6.07) is 10.1. The molecule has 2 saturated heterocycles. The molecule has 3 fully saturated rings. The SMILES string of the molecule is C=C(N1CCCC1)C12C=C(c3cc4c([nH]3)NCN=C4c3ccc(OC4CCN(C(=O)CO)CC4)c(C#N)c3)C=C[C@@H]1C2. The Labute approximate surface area is 245 Å². The maximum Gasteiger partial charge on any atom is 0.248 e. The second-order valence-electron chi connectivity index (χ2n) is 11.9. The molecule has 216 valence electrons. The van der Waals surface area contributed by atoms with E-state index in [0.717, 1.165) is 47.9 Å². The normalized spacial score (nSPS) is 24.6. The first kappa shape index (κ1) is 26.6. The number of hydrogen-bond acceptors (Lipinski definition) is 7. The van der Waals surface area contributed by atoms with Gasteiger partial charge in [0.15, 0.2) is 0 Å². The molecule has 0 bridgehead atoms. The number of aromatic nitrogens is 1. The average Bonchev–Trinajstić information content (AvgIpc) is 3.32. The zero-order valence-electron chi connectivity index (χ0n) is 23.7. The van der Waals surface area contributed by atoms with Crippen molar-refractivity contribution in [3.63, 3.8) is 0 Å². The van der Waals surface area contributed by atoms with Crippen LogP contribution in [0.3, 0.4) is 0 Å². The molecule has 3 aliphatic heterocycles. The third-order valence-corrected chi connectivity index (χ3v) is 9.48. The maximum absolute atomic E-state index is 11.8. The van der Waals surface area contributed by atoms with E-state index in [9.17, 15) is 10.1 Å². The van der Waals surface area contributed by atoms with Crippen LogP contribution in [-0.2, 0) is 4.79 Å². The Morgan fingerprint density at radius 1 is 1.19 bits per heavy atom. The quantitative estimate of drug-likeness (QED) is 0.468. The van der Waals surface area contributed by atoms with Gasteiger partial charge in [0, 0.05) is 67.0 Å². The molecule has 1 amide bonds. The molecule has 1 aromatic carbocycles. The molecular weight excluding hydrogens is 528 g/mol. The van der Waals surface area contributed by atoms with Crippen molar-refractivity contribution < 1.29 is 14.6 Å². The number of anilines is 1. The second-order valence-corrected chi connectivity index (χ2v) is 11.9. The molecule has 2 aromatic rings. The Morgan fingerprint density at radius 3 is 2.76 bits per heavy atom. The standard InChI is InChI=1S/C33H36N6O3/c1-21(38-10-2-3-11-38)33-16-23(4-6-25(33)17-33)28-15-27-31(35-20-36-32(27)37-28)22-5-7-29(24(14-22)18-34)42-26-8-12-39(13-9-26)30(41)19-40/h4-7,14-16,25-26,36-37,40H,1-3,8-13,17,19-20H2/t25-,33?/m1/s1. The van der Waals surface area contributed by atoms with Gasteiger partial charge in [-0.15, -0.1) is 0 Å². The highest BCUT2D eigenvalue weighted by atomic mass is 16.5. The van der Waals surface area contributed by atoms with Gasteiger partial charge in [-0.05, 0) is 55.0 Å². The van der Waals surface area contributed by atoms with Crippen LogP contribution in [0.2, 0.25) is 0 Å². The van der Waals surface area contributed by atoms with Crippen molar-refractivity contribution in [3.8, 4) is 11.8 Å². The number of nitriles is 1. The van der Waals surface area contributed by atoms with Crippen LogP contribution in [0, 0.1) is 22.7 Å². The highest BCUT2D eigenvalue weighted by molar-refractivity contribution is 6.17. The zero-order chi connectivity index (χ0) is 28.8. The molecule has 5 aliphatic rings. The van der Waals surface area contributed by atoms with Crippen molar-refractivity contribution in [3.05, 3.63) is 77.2 Å². The Bertz CT molecular complexity index is 1560. The van der Waals surface area contributed by atoms with E-state index in [1.54, 1.807) is 4.90 Å². The zero-order valence-corrected chi connectivity index (χ0v) is 23.7. The Balaban J connectivity index is 1.10. The number of hydrogen-bond donors (Lipinski definition) is 3. The number of allylic oxidation sites excluding steroid dienone is 4. The van der Waals surface area contributed by atoms with Crippen molar-refractivity contribution in [1.29, 1.82) is 5.26 Å². The molecule has 3 N–H and O–H groups in total. The summed E-state index contributed by atoms with van der Waals surface area (Å²) in [6.45, 7) is 7.80. The van der Waals surface area contributed by atoms with Crippen molar-refractivity contribution in [2.75, 3.05) is 44.8 Å². The number of rotatable bonds is 7. The summed E-state index contributed by atoms with van der Waals surface area (Å²) < 4.78 is 6.21. The number of nitrogens with zero attached hydrogens (tertiary/aromatic N) is 4. The molecule has 42 heavy (non-hydrogen) atoms. The number of amides is 1. The van der Waals surface area contributed by atoms with Crippen molar-refractivity contribution in [2.45, 2.75) is 38.2 Å². The van der Waals surface area contributed by atoms with Gasteiger partial charge in [-0.2, -0.15) is 5.26 Å². The minimum atomic E-state index is -0.473. The Hall–Kier alpha value is -4.29. The van der Waals surface area contributed by atoms with Crippen LogP contribution in [0.15, 0.2) is 59.8 Å². The van der Waals surface area contributed by atoms with Crippen LogP contribution in [0.4, 0.5) is 5.82 Å². The van der Waals surface area contributed by atoms with Crippen LogP contribution in [0.1, 0.15) is 54.5 Å². The van der Waals surface area contributed by atoms with Gasteiger partial charge >= 0.3 is 0 Å².